The summed E-state index contributed by atoms with van der Waals surface area (Å²) in [5, 5.41) is 3.57. The summed E-state index contributed by atoms with van der Waals surface area (Å²) in [6.45, 7) is 6.99. The van der Waals surface area contributed by atoms with Crippen molar-refractivity contribution >= 4 is 45.0 Å². The van der Waals surface area contributed by atoms with Crippen molar-refractivity contribution in [1.82, 2.24) is 20.2 Å². The van der Waals surface area contributed by atoms with Crippen LogP contribution in [0.5, 0.6) is 5.75 Å². The van der Waals surface area contributed by atoms with Crippen LogP contribution in [-0.4, -0.2) is 52.0 Å². The average Bonchev–Trinajstić information content (AvgIpc) is 3.08. The molecule has 2 aliphatic heterocycles. The van der Waals surface area contributed by atoms with E-state index in [2.05, 4.69) is 15.3 Å². The maximum atomic E-state index is 14.6. The molecule has 36 heavy (non-hydrogen) atoms. The van der Waals surface area contributed by atoms with Gasteiger partial charge in [-0.25, -0.2) is 14.4 Å². The molecule has 3 fully saturated rings. The van der Waals surface area contributed by atoms with Crippen LogP contribution in [0.25, 0.3) is 21.5 Å². The molecule has 1 N–H and O–H groups in total. The van der Waals surface area contributed by atoms with Crippen LogP contribution in [0.15, 0.2) is 24.5 Å². The first-order valence-electron chi connectivity index (χ1n) is 12.1. The number of piperidine rings is 2. The number of rotatable bonds is 5. The number of fused-ring (bicyclic) bond motifs is 2. The molecule has 1 aliphatic carbocycles. The van der Waals surface area contributed by atoms with Gasteiger partial charge in [-0.15, -0.1) is 11.3 Å². The van der Waals surface area contributed by atoms with Crippen molar-refractivity contribution in [2.24, 2.45) is 17.3 Å². The monoisotopic (exact) mass is 528 g/mol. The molecule has 2 amide bonds. The van der Waals surface area contributed by atoms with Gasteiger partial charge in [-0.05, 0) is 49.1 Å². The second kappa shape index (κ2) is 8.46. The number of hydrogen-bond donors (Lipinski definition) is 1. The Kier molecular flexibility index (Phi) is 5.59. The van der Waals surface area contributed by atoms with Gasteiger partial charge in [-0.2, -0.15) is 0 Å². The Balaban J connectivity index is 1.36. The van der Waals surface area contributed by atoms with E-state index in [4.69, 9.17) is 16.3 Å². The van der Waals surface area contributed by atoms with E-state index in [1.165, 1.54) is 22.6 Å². The maximum absolute atomic E-state index is 14.6. The van der Waals surface area contributed by atoms with Crippen molar-refractivity contribution in [2.45, 2.75) is 46.0 Å². The molecule has 2 aromatic heterocycles. The Labute approximate surface area is 217 Å². The summed E-state index contributed by atoms with van der Waals surface area (Å²) >= 11 is 7.86. The maximum Gasteiger partial charge on any atom is 0.234 e. The van der Waals surface area contributed by atoms with Crippen LogP contribution in [0.4, 0.5) is 4.39 Å². The van der Waals surface area contributed by atoms with Crippen LogP contribution in [0, 0.1) is 24.2 Å². The van der Waals surface area contributed by atoms with Crippen LogP contribution in [0.3, 0.4) is 0 Å². The van der Waals surface area contributed by atoms with E-state index in [1.807, 2.05) is 26.8 Å². The largest absolute Gasteiger partial charge is 0.486 e. The topological polar surface area (TPSA) is 84.4 Å². The Hall–Kier alpha value is -2.62. The molecular formula is C26H26ClFN4O3S. The van der Waals surface area contributed by atoms with Crippen molar-refractivity contribution in [3.05, 3.63) is 40.0 Å². The normalized spacial score (nSPS) is 27.0. The third-order valence-electron chi connectivity index (χ3n) is 7.68. The number of aromatic nitrogens is 2. The molecule has 1 aromatic carbocycles. The fourth-order valence-electron chi connectivity index (χ4n) is 5.63. The van der Waals surface area contributed by atoms with Gasteiger partial charge in [0, 0.05) is 22.0 Å². The van der Waals surface area contributed by atoms with E-state index < -0.39 is 12.3 Å². The van der Waals surface area contributed by atoms with Crippen molar-refractivity contribution in [1.29, 1.82) is 0 Å². The Morgan fingerprint density at radius 3 is 2.69 bits per heavy atom. The molecule has 4 atom stereocenters. The van der Waals surface area contributed by atoms with E-state index in [9.17, 15) is 14.0 Å². The molecule has 188 valence electrons. The average molecular weight is 529 g/mol. The Bertz CT molecular complexity index is 1390. The Morgan fingerprint density at radius 2 is 1.97 bits per heavy atom. The molecule has 4 heterocycles. The van der Waals surface area contributed by atoms with Gasteiger partial charge in [-0.1, -0.05) is 25.4 Å². The molecule has 0 bridgehead atoms. The first-order valence-corrected chi connectivity index (χ1v) is 13.3. The molecular weight excluding hydrogens is 503 g/mol. The molecule has 2 saturated heterocycles. The van der Waals surface area contributed by atoms with Crippen LogP contribution < -0.4 is 10.1 Å². The third kappa shape index (κ3) is 3.71. The van der Waals surface area contributed by atoms with Gasteiger partial charge in [0.25, 0.3) is 0 Å². The number of carbonyl (C=O) groups excluding carboxylic acids is 2. The number of carbonyl (C=O) groups is 2. The lowest BCUT2D eigenvalue weighted by Gasteiger charge is -2.29. The van der Waals surface area contributed by atoms with Gasteiger partial charge < -0.3 is 10.1 Å². The van der Waals surface area contributed by atoms with Crippen LogP contribution in [0.1, 0.15) is 30.7 Å². The number of hydrogen-bond acceptors (Lipinski definition) is 7. The summed E-state index contributed by atoms with van der Waals surface area (Å²) in [7, 11) is 0. The van der Waals surface area contributed by atoms with E-state index in [0.29, 0.717) is 40.5 Å². The number of imide groups is 1. The van der Waals surface area contributed by atoms with Gasteiger partial charge in [0.2, 0.25) is 11.8 Å². The summed E-state index contributed by atoms with van der Waals surface area (Å²) < 4.78 is 21.6. The van der Waals surface area contributed by atoms with Crippen molar-refractivity contribution in [3.8, 4) is 17.0 Å². The van der Waals surface area contributed by atoms with Gasteiger partial charge in [-0.3, -0.25) is 14.5 Å². The predicted molar refractivity (Wildman–Crippen MR) is 136 cm³/mol. The first-order chi connectivity index (χ1) is 17.2. The summed E-state index contributed by atoms with van der Waals surface area (Å²) in [4.78, 5) is 36.8. The number of halogens is 2. The standard InChI is InChI=1S/C26H26ClFN4O3S/c1-12-6-13(27)7-15(22(12)35-18-4-5-29-9-16(18)28)21-23-17(30-11-31-21)8-14(36-23)10-32-24(33)19-20(25(32)34)26(19,2)3/h6-8,11,16,18-20,29H,4-5,9-10H2,1-3H3/t16-,18-,19?,20?/m1/s1. The molecule has 10 heteroatoms. The van der Waals surface area contributed by atoms with Crippen molar-refractivity contribution < 1.29 is 18.7 Å². The highest BCUT2D eigenvalue weighted by Gasteiger charge is 2.72. The summed E-state index contributed by atoms with van der Waals surface area (Å²) in [6, 6.07) is 5.47. The number of benzene rings is 1. The first kappa shape index (κ1) is 23.8. The number of likely N-dealkylation sites (tertiary alicyclic amines) is 1. The molecule has 1 saturated carbocycles. The number of ether oxygens (including phenoxy) is 1. The molecule has 7 nitrogen and oxygen atoms in total. The lowest BCUT2D eigenvalue weighted by molar-refractivity contribution is -0.143. The summed E-state index contributed by atoms with van der Waals surface area (Å²) in [5.74, 6) is -0.0576. The van der Waals surface area contributed by atoms with Crippen molar-refractivity contribution in [2.75, 3.05) is 13.1 Å². The van der Waals surface area contributed by atoms with E-state index in [1.54, 1.807) is 12.1 Å². The highest BCUT2D eigenvalue weighted by Crippen LogP contribution is 2.63. The molecule has 3 aromatic rings. The molecule has 6 rings (SSSR count). The summed E-state index contributed by atoms with van der Waals surface area (Å²) in [6.07, 6.45) is 0.346. The second-order valence-corrected chi connectivity index (χ2v) is 12.0. The zero-order valence-corrected chi connectivity index (χ0v) is 21.8. The number of nitrogens with one attached hydrogen (secondary N) is 1. The van der Waals surface area contributed by atoms with Gasteiger partial charge in [0.1, 0.15) is 24.4 Å². The van der Waals surface area contributed by atoms with E-state index in [-0.39, 0.29) is 42.2 Å². The van der Waals surface area contributed by atoms with Crippen molar-refractivity contribution in [3.63, 3.8) is 0 Å². The fourth-order valence-corrected chi connectivity index (χ4v) is 7.01. The SMILES string of the molecule is Cc1cc(Cl)cc(-c2ncnc3cc(CN4C(=O)C5C(C4=O)C5(C)C)sc23)c1O[C@@H]1CCNC[C@H]1F. The minimum absolute atomic E-state index is 0.0948. The van der Waals surface area contributed by atoms with Gasteiger partial charge in [0.05, 0.1) is 34.3 Å². The lowest BCUT2D eigenvalue weighted by atomic mass is 10.0. The van der Waals surface area contributed by atoms with Crippen LogP contribution >= 0.6 is 22.9 Å². The van der Waals surface area contributed by atoms with Crippen LogP contribution in [-0.2, 0) is 16.1 Å². The quantitative estimate of drug-likeness (QED) is 0.489. The van der Waals surface area contributed by atoms with Gasteiger partial charge >= 0.3 is 0 Å². The molecule has 3 aliphatic rings. The minimum Gasteiger partial charge on any atom is -0.486 e. The number of alkyl halides is 1. The minimum atomic E-state index is -1.12. The highest BCUT2D eigenvalue weighted by atomic mass is 35.5. The molecule has 0 spiro atoms. The zero-order valence-electron chi connectivity index (χ0n) is 20.2. The lowest BCUT2D eigenvalue weighted by Crippen LogP contribution is -2.44. The number of aryl methyl sites for hydroxylation is 1. The second-order valence-electron chi connectivity index (χ2n) is 10.5. The van der Waals surface area contributed by atoms with E-state index >= 15 is 0 Å². The smallest absolute Gasteiger partial charge is 0.234 e. The molecule has 0 radical (unpaired) electrons. The molecule has 2 unspecified atom stereocenters. The highest BCUT2D eigenvalue weighted by molar-refractivity contribution is 7.19. The Morgan fingerprint density at radius 1 is 1.22 bits per heavy atom. The van der Waals surface area contributed by atoms with E-state index in [0.717, 1.165) is 15.1 Å². The number of nitrogens with zero attached hydrogens (tertiary/aromatic N) is 3. The third-order valence-corrected chi connectivity index (χ3v) is 9.01. The number of thiophene rings is 1. The summed E-state index contributed by atoms with van der Waals surface area (Å²) in [5.41, 5.74) is 2.56. The number of amides is 2. The fraction of sp³-hybridized carbons (Fsp3) is 0.462. The van der Waals surface area contributed by atoms with Gasteiger partial charge in [0.15, 0.2) is 0 Å². The van der Waals surface area contributed by atoms with Crippen LogP contribution in [0.2, 0.25) is 5.02 Å². The zero-order chi connectivity index (χ0) is 25.4. The predicted octanol–water partition coefficient (Wildman–Crippen LogP) is 4.54.